The molecule has 1 fully saturated rings. The molecule has 8 heteroatoms. The van der Waals surface area contributed by atoms with Crippen molar-refractivity contribution in [3.8, 4) is 0 Å². The molecule has 2 N–H and O–H groups in total. The van der Waals surface area contributed by atoms with E-state index in [1.807, 2.05) is 30.3 Å². The number of hydrogen-bond donors (Lipinski definition) is 1. The van der Waals surface area contributed by atoms with Crippen molar-refractivity contribution in [1.82, 2.24) is 4.90 Å². The Labute approximate surface area is 146 Å². The molecule has 1 aliphatic heterocycles. The molecule has 2 aromatic rings. The number of furan rings is 1. The summed E-state index contributed by atoms with van der Waals surface area (Å²) in [5.41, 5.74) is 5.04. The van der Waals surface area contributed by atoms with Crippen molar-refractivity contribution in [1.29, 1.82) is 0 Å². The Hall–Kier alpha value is -2.45. The molecule has 2 heterocycles. The Morgan fingerprint density at radius 1 is 1.21 bits per heavy atom. The Morgan fingerprint density at radius 2 is 1.96 bits per heavy atom. The normalized spacial score (nSPS) is 16.2. The Bertz CT molecular complexity index is 830. The SMILES string of the molecule is NC(=O)CN1C(=O)S/C(=C\c2ccc(Sc3ccccc3)o2)C1=O. The summed E-state index contributed by atoms with van der Waals surface area (Å²) >= 11 is 2.21. The van der Waals surface area contributed by atoms with Crippen LogP contribution >= 0.6 is 23.5 Å². The number of hydrogen-bond acceptors (Lipinski definition) is 6. The van der Waals surface area contributed by atoms with Gasteiger partial charge in [0.25, 0.3) is 11.1 Å². The maximum atomic E-state index is 12.1. The van der Waals surface area contributed by atoms with E-state index in [0.717, 1.165) is 21.6 Å². The molecule has 0 atom stereocenters. The zero-order chi connectivity index (χ0) is 17.1. The van der Waals surface area contributed by atoms with Crippen LogP contribution in [0.1, 0.15) is 5.76 Å². The highest BCUT2D eigenvalue weighted by molar-refractivity contribution is 8.18. The second kappa shape index (κ2) is 6.98. The maximum Gasteiger partial charge on any atom is 0.294 e. The van der Waals surface area contributed by atoms with Crippen LogP contribution in [0.3, 0.4) is 0 Å². The fraction of sp³-hybridized carbons (Fsp3) is 0.0625. The smallest absolute Gasteiger partial charge is 0.294 e. The summed E-state index contributed by atoms with van der Waals surface area (Å²) in [6.07, 6.45) is 1.49. The lowest BCUT2D eigenvalue weighted by atomic mass is 10.3. The highest BCUT2D eigenvalue weighted by atomic mass is 32.2. The van der Waals surface area contributed by atoms with E-state index in [2.05, 4.69) is 0 Å². The van der Waals surface area contributed by atoms with E-state index in [9.17, 15) is 14.4 Å². The second-order valence-corrected chi connectivity index (χ2v) is 6.88. The van der Waals surface area contributed by atoms with Crippen molar-refractivity contribution in [2.45, 2.75) is 9.99 Å². The van der Waals surface area contributed by atoms with Crippen LogP contribution in [-0.2, 0) is 9.59 Å². The average molecular weight is 360 g/mol. The van der Waals surface area contributed by atoms with Crippen molar-refractivity contribution >= 4 is 46.7 Å². The molecule has 1 aromatic carbocycles. The number of rotatable bonds is 5. The van der Waals surface area contributed by atoms with E-state index >= 15 is 0 Å². The van der Waals surface area contributed by atoms with Gasteiger partial charge in [-0.05, 0) is 36.0 Å². The molecule has 3 rings (SSSR count). The Balaban J connectivity index is 1.74. The number of carbonyl (C=O) groups excluding carboxylic acids is 3. The third kappa shape index (κ3) is 3.72. The second-order valence-electron chi connectivity index (χ2n) is 4.81. The van der Waals surface area contributed by atoms with Crippen LogP contribution in [0.2, 0.25) is 0 Å². The van der Waals surface area contributed by atoms with E-state index in [0.29, 0.717) is 10.9 Å². The molecule has 0 spiro atoms. The van der Waals surface area contributed by atoms with Gasteiger partial charge in [-0.1, -0.05) is 30.0 Å². The molecule has 24 heavy (non-hydrogen) atoms. The molecule has 0 bridgehead atoms. The highest BCUT2D eigenvalue weighted by Gasteiger charge is 2.36. The lowest BCUT2D eigenvalue weighted by molar-refractivity contribution is -0.127. The summed E-state index contributed by atoms with van der Waals surface area (Å²) in [4.78, 5) is 36.8. The van der Waals surface area contributed by atoms with Crippen molar-refractivity contribution in [3.63, 3.8) is 0 Å². The fourth-order valence-electron chi connectivity index (χ4n) is 1.99. The highest BCUT2D eigenvalue weighted by Crippen LogP contribution is 2.34. The van der Waals surface area contributed by atoms with Gasteiger partial charge in [-0.3, -0.25) is 19.3 Å². The van der Waals surface area contributed by atoms with Crippen molar-refractivity contribution in [2.24, 2.45) is 5.73 Å². The lowest BCUT2D eigenvalue weighted by Gasteiger charge is -2.08. The molecule has 0 saturated carbocycles. The summed E-state index contributed by atoms with van der Waals surface area (Å²) in [6, 6.07) is 13.2. The summed E-state index contributed by atoms with van der Waals surface area (Å²) in [5, 5.41) is 0.152. The van der Waals surface area contributed by atoms with Crippen LogP contribution in [0.5, 0.6) is 0 Å². The third-order valence-electron chi connectivity index (χ3n) is 3.02. The minimum absolute atomic E-state index is 0.201. The monoisotopic (exact) mass is 360 g/mol. The molecule has 122 valence electrons. The quantitative estimate of drug-likeness (QED) is 0.824. The first-order valence-corrected chi connectivity index (χ1v) is 8.52. The van der Waals surface area contributed by atoms with E-state index in [1.54, 1.807) is 12.1 Å². The largest absolute Gasteiger partial charge is 0.450 e. The predicted octanol–water partition coefficient (Wildman–Crippen LogP) is 2.95. The number of benzene rings is 1. The number of nitrogens with two attached hydrogens (primary N) is 1. The van der Waals surface area contributed by atoms with E-state index in [1.165, 1.54) is 17.8 Å². The third-order valence-corrected chi connectivity index (χ3v) is 4.86. The number of thioether (sulfide) groups is 1. The molecular weight excluding hydrogens is 348 g/mol. The number of imide groups is 1. The summed E-state index contributed by atoms with van der Waals surface area (Å²) in [7, 11) is 0. The molecule has 0 radical (unpaired) electrons. The van der Waals surface area contributed by atoms with Crippen LogP contribution < -0.4 is 5.73 Å². The maximum absolute atomic E-state index is 12.1. The van der Waals surface area contributed by atoms with Crippen molar-refractivity contribution in [2.75, 3.05) is 6.54 Å². The number of carbonyl (C=O) groups is 3. The molecule has 3 amide bonds. The minimum atomic E-state index is -0.738. The number of amides is 3. The van der Waals surface area contributed by atoms with Crippen molar-refractivity contribution in [3.05, 3.63) is 53.1 Å². The van der Waals surface area contributed by atoms with Crippen LogP contribution in [0.4, 0.5) is 4.79 Å². The molecule has 0 aliphatic carbocycles. The molecule has 6 nitrogen and oxygen atoms in total. The van der Waals surface area contributed by atoms with Crippen LogP contribution in [-0.4, -0.2) is 28.5 Å². The zero-order valence-corrected chi connectivity index (χ0v) is 13.9. The van der Waals surface area contributed by atoms with E-state index < -0.39 is 23.6 Å². The van der Waals surface area contributed by atoms with Gasteiger partial charge in [0.05, 0.1) is 4.91 Å². The van der Waals surface area contributed by atoms with Gasteiger partial charge in [-0.15, -0.1) is 0 Å². The van der Waals surface area contributed by atoms with Gasteiger partial charge >= 0.3 is 0 Å². The van der Waals surface area contributed by atoms with E-state index in [4.69, 9.17) is 10.2 Å². The van der Waals surface area contributed by atoms with Gasteiger partial charge < -0.3 is 10.2 Å². The van der Waals surface area contributed by atoms with Crippen molar-refractivity contribution < 1.29 is 18.8 Å². The predicted molar refractivity (Wildman–Crippen MR) is 91.1 cm³/mol. The Kier molecular flexibility index (Phi) is 4.77. The van der Waals surface area contributed by atoms with Gasteiger partial charge in [0.2, 0.25) is 5.91 Å². The standard InChI is InChI=1S/C16H12N2O4S2/c17-13(19)9-18-15(20)12(24-16(18)21)8-10-6-7-14(22-10)23-11-4-2-1-3-5-11/h1-8H,9H2,(H2,17,19)/b12-8-. The Morgan fingerprint density at radius 3 is 2.67 bits per heavy atom. The first-order valence-electron chi connectivity index (χ1n) is 6.89. The number of nitrogens with zero attached hydrogens (tertiary/aromatic N) is 1. The van der Waals surface area contributed by atoms with Gasteiger partial charge in [0.1, 0.15) is 12.3 Å². The van der Waals surface area contributed by atoms with Crippen LogP contribution in [0.15, 0.2) is 61.8 Å². The lowest BCUT2D eigenvalue weighted by Crippen LogP contribution is -2.36. The van der Waals surface area contributed by atoms with Gasteiger partial charge in [0, 0.05) is 11.0 Å². The molecule has 1 aliphatic rings. The van der Waals surface area contributed by atoms with Gasteiger partial charge in [-0.2, -0.15) is 0 Å². The molecule has 0 unspecified atom stereocenters. The fourth-order valence-corrected chi connectivity index (χ4v) is 3.61. The van der Waals surface area contributed by atoms with Gasteiger partial charge in [-0.25, -0.2) is 0 Å². The first-order chi connectivity index (χ1) is 11.5. The number of primary amides is 1. The van der Waals surface area contributed by atoms with Crippen LogP contribution in [0.25, 0.3) is 6.08 Å². The van der Waals surface area contributed by atoms with Crippen LogP contribution in [0, 0.1) is 0 Å². The zero-order valence-electron chi connectivity index (χ0n) is 12.3. The summed E-state index contributed by atoms with van der Waals surface area (Å²) < 4.78 is 5.65. The topological polar surface area (TPSA) is 93.6 Å². The van der Waals surface area contributed by atoms with Gasteiger partial charge in [0.15, 0.2) is 5.09 Å². The first kappa shape index (κ1) is 16.4. The molecule has 1 saturated heterocycles. The summed E-state index contributed by atoms with van der Waals surface area (Å²) in [5.74, 6) is -0.825. The molecular formula is C16H12N2O4S2. The molecule has 1 aromatic heterocycles. The summed E-state index contributed by atoms with van der Waals surface area (Å²) in [6.45, 7) is -0.421. The average Bonchev–Trinajstić information content (AvgIpc) is 3.08. The van der Waals surface area contributed by atoms with E-state index in [-0.39, 0.29) is 4.91 Å². The minimum Gasteiger partial charge on any atom is -0.450 e.